The predicted octanol–water partition coefficient (Wildman–Crippen LogP) is 2.46. The summed E-state index contributed by atoms with van der Waals surface area (Å²) in [6.45, 7) is 0.961. The van der Waals surface area contributed by atoms with Crippen LogP contribution in [-0.4, -0.2) is 56.2 Å². The number of carboxylic acid groups (broad SMARTS) is 1. The van der Waals surface area contributed by atoms with Gasteiger partial charge in [-0.05, 0) is 31.0 Å². The molecule has 0 aliphatic carbocycles. The molecule has 2 aromatic heterocycles. The number of rotatable bonds is 4. The van der Waals surface area contributed by atoms with Gasteiger partial charge in [-0.2, -0.15) is 0 Å². The molecule has 140 valence electrons. The number of fused-ring (bicyclic) bond motifs is 3. The summed E-state index contributed by atoms with van der Waals surface area (Å²) in [6, 6.07) is 6.40. The van der Waals surface area contributed by atoms with E-state index < -0.39 is 11.0 Å². The van der Waals surface area contributed by atoms with Gasteiger partial charge in [0, 0.05) is 43.3 Å². The van der Waals surface area contributed by atoms with Crippen molar-refractivity contribution >= 4 is 29.1 Å². The number of aromatic nitrogens is 2. The number of hydrogen-bond acceptors (Lipinski definition) is 7. The number of pyridine rings is 2. The van der Waals surface area contributed by atoms with Gasteiger partial charge in [0.1, 0.15) is 5.82 Å². The Balaban J connectivity index is 1.64. The van der Waals surface area contributed by atoms with E-state index in [0.29, 0.717) is 24.6 Å². The number of carbonyl (C=O) groups is 1. The van der Waals surface area contributed by atoms with E-state index in [9.17, 15) is 20.0 Å². The highest BCUT2D eigenvalue weighted by Crippen LogP contribution is 2.35. The molecule has 27 heavy (non-hydrogen) atoms. The van der Waals surface area contributed by atoms with E-state index in [0.717, 1.165) is 12.8 Å². The Hall–Kier alpha value is -3.43. The number of hydrogen-bond donors (Lipinski definition) is 2. The Morgan fingerprint density at radius 3 is 2.56 bits per heavy atom. The first kappa shape index (κ1) is 17.0. The second-order valence-corrected chi connectivity index (χ2v) is 6.63. The second kappa shape index (κ2) is 6.71. The summed E-state index contributed by atoms with van der Waals surface area (Å²) in [6.07, 6.45) is 3.97. The zero-order valence-electron chi connectivity index (χ0n) is 14.4. The van der Waals surface area contributed by atoms with E-state index in [1.807, 2.05) is 0 Å². The van der Waals surface area contributed by atoms with Crippen LogP contribution in [0.3, 0.4) is 0 Å². The van der Waals surface area contributed by atoms with E-state index in [1.54, 1.807) is 30.6 Å². The molecule has 0 unspecified atom stereocenters. The molecular weight excluding hydrogens is 352 g/mol. The van der Waals surface area contributed by atoms with Crippen LogP contribution in [-0.2, 0) is 0 Å². The van der Waals surface area contributed by atoms with Crippen molar-refractivity contribution in [3.63, 3.8) is 0 Å². The predicted molar refractivity (Wildman–Crippen MR) is 97.3 cm³/mol. The topological polar surface area (TPSA) is 125 Å². The van der Waals surface area contributed by atoms with E-state index in [1.165, 1.54) is 11.0 Å². The Morgan fingerprint density at radius 2 is 1.93 bits per heavy atom. The molecule has 0 spiro atoms. The SMILES string of the molecule is O=C(O)N1C[C@@H]2CC[C@H]1CN2c1ccc([N+](=O)[O-])c(Nc2ccncc2)n1. The average molecular weight is 370 g/mol. The minimum atomic E-state index is -0.902. The van der Waals surface area contributed by atoms with Gasteiger partial charge < -0.3 is 20.2 Å². The third-order valence-corrected chi connectivity index (χ3v) is 5.07. The number of piperidine rings is 2. The molecule has 2 aromatic rings. The summed E-state index contributed by atoms with van der Waals surface area (Å²) in [4.78, 5) is 34.2. The Bertz CT molecular complexity index is 877. The number of piperazine rings is 1. The molecular formula is C17H18N6O4. The molecule has 5 heterocycles. The number of nitro groups is 1. The molecule has 2 N–H and O–H groups in total. The maximum absolute atomic E-state index is 11.4. The molecule has 3 saturated heterocycles. The molecule has 10 nitrogen and oxygen atoms in total. The summed E-state index contributed by atoms with van der Waals surface area (Å²) in [7, 11) is 0. The van der Waals surface area contributed by atoms with Crippen molar-refractivity contribution in [2.45, 2.75) is 24.9 Å². The maximum Gasteiger partial charge on any atom is 0.407 e. The fourth-order valence-corrected chi connectivity index (χ4v) is 3.76. The van der Waals surface area contributed by atoms with Gasteiger partial charge in [0.15, 0.2) is 0 Å². The van der Waals surface area contributed by atoms with Gasteiger partial charge in [-0.15, -0.1) is 0 Å². The summed E-state index contributed by atoms with van der Waals surface area (Å²) < 4.78 is 0. The first-order valence-corrected chi connectivity index (χ1v) is 8.61. The van der Waals surface area contributed by atoms with Crippen LogP contribution < -0.4 is 10.2 Å². The van der Waals surface area contributed by atoms with Gasteiger partial charge >= 0.3 is 11.8 Å². The van der Waals surface area contributed by atoms with Crippen LogP contribution in [0.15, 0.2) is 36.7 Å². The third kappa shape index (κ3) is 3.21. The van der Waals surface area contributed by atoms with Crippen LogP contribution in [0.1, 0.15) is 12.8 Å². The fraction of sp³-hybridized carbons (Fsp3) is 0.353. The smallest absolute Gasteiger partial charge is 0.407 e. The molecule has 0 aromatic carbocycles. The van der Waals surface area contributed by atoms with Gasteiger partial charge in [0.05, 0.1) is 11.0 Å². The lowest BCUT2D eigenvalue weighted by atomic mass is 9.91. The lowest BCUT2D eigenvalue weighted by molar-refractivity contribution is -0.384. The van der Waals surface area contributed by atoms with Gasteiger partial charge in [-0.25, -0.2) is 9.78 Å². The Kier molecular flexibility index (Phi) is 4.22. The Labute approximate surface area is 154 Å². The highest BCUT2D eigenvalue weighted by Gasteiger charge is 2.41. The highest BCUT2D eigenvalue weighted by atomic mass is 16.6. The molecule has 3 aliphatic rings. The standard InChI is InChI=1S/C17H18N6O4/c24-17(25)22-10-12-1-2-13(22)9-21(12)15-4-3-14(23(26)27)16(20-15)19-11-5-7-18-8-6-11/h3-8,12-13H,1-2,9-10H2,(H,24,25)(H,18,19,20)/t12-,13-/m0/s1. The maximum atomic E-state index is 11.4. The second-order valence-electron chi connectivity index (χ2n) is 6.63. The van der Waals surface area contributed by atoms with E-state index in [4.69, 9.17) is 0 Å². The van der Waals surface area contributed by atoms with Crippen molar-refractivity contribution in [1.82, 2.24) is 14.9 Å². The summed E-state index contributed by atoms with van der Waals surface area (Å²) in [5.41, 5.74) is 0.528. The third-order valence-electron chi connectivity index (χ3n) is 5.07. The van der Waals surface area contributed by atoms with Crippen LogP contribution in [0.5, 0.6) is 0 Å². The van der Waals surface area contributed by atoms with E-state index in [-0.39, 0.29) is 23.6 Å². The van der Waals surface area contributed by atoms with E-state index in [2.05, 4.69) is 20.2 Å². The molecule has 0 radical (unpaired) electrons. The van der Waals surface area contributed by atoms with Crippen molar-refractivity contribution in [3.05, 3.63) is 46.8 Å². The monoisotopic (exact) mass is 370 g/mol. The van der Waals surface area contributed by atoms with Gasteiger partial charge in [-0.1, -0.05) is 0 Å². The molecule has 2 bridgehead atoms. The van der Waals surface area contributed by atoms with Gasteiger partial charge in [-0.3, -0.25) is 15.1 Å². The van der Waals surface area contributed by atoms with Crippen molar-refractivity contribution in [2.75, 3.05) is 23.3 Å². The summed E-state index contributed by atoms with van der Waals surface area (Å²) >= 11 is 0. The number of amides is 1. The minimum Gasteiger partial charge on any atom is -0.465 e. The lowest BCUT2D eigenvalue weighted by Crippen LogP contribution is -2.64. The van der Waals surface area contributed by atoms with Crippen LogP contribution >= 0.6 is 0 Å². The fourth-order valence-electron chi connectivity index (χ4n) is 3.76. The first-order chi connectivity index (χ1) is 13.0. The van der Waals surface area contributed by atoms with Crippen LogP contribution in [0, 0.1) is 10.1 Å². The molecule has 5 rings (SSSR count). The van der Waals surface area contributed by atoms with Crippen molar-refractivity contribution in [1.29, 1.82) is 0 Å². The molecule has 3 fully saturated rings. The van der Waals surface area contributed by atoms with Crippen LogP contribution in [0.2, 0.25) is 0 Å². The molecule has 10 heteroatoms. The molecule has 2 atom stereocenters. The van der Waals surface area contributed by atoms with Crippen molar-refractivity contribution in [3.8, 4) is 0 Å². The number of anilines is 3. The van der Waals surface area contributed by atoms with Crippen molar-refractivity contribution in [2.24, 2.45) is 0 Å². The highest BCUT2D eigenvalue weighted by molar-refractivity contribution is 5.69. The quantitative estimate of drug-likeness (QED) is 0.621. The lowest BCUT2D eigenvalue weighted by Gasteiger charge is -2.50. The zero-order chi connectivity index (χ0) is 19.0. The van der Waals surface area contributed by atoms with Gasteiger partial charge in [0.2, 0.25) is 5.82 Å². The number of nitrogens with one attached hydrogen (secondary N) is 1. The zero-order valence-corrected chi connectivity index (χ0v) is 14.4. The Morgan fingerprint density at radius 1 is 1.19 bits per heavy atom. The first-order valence-electron chi connectivity index (χ1n) is 8.61. The molecule has 3 aliphatic heterocycles. The molecule has 0 saturated carbocycles. The van der Waals surface area contributed by atoms with Crippen molar-refractivity contribution < 1.29 is 14.8 Å². The molecule has 1 amide bonds. The van der Waals surface area contributed by atoms with E-state index >= 15 is 0 Å². The van der Waals surface area contributed by atoms with Crippen LogP contribution in [0.4, 0.5) is 27.8 Å². The number of nitrogens with zero attached hydrogens (tertiary/aromatic N) is 5. The average Bonchev–Trinajstić information content (AvgIpc) is 2.68. The van der Waals surface area contributed by atoms with Gasteiger partial charge in [0.25, 0.3) is 0 Å². The summed E-state index contributed by atoms with van der Waals surface area (Å²) in [5.74, 6) is 0.761. The summed E-state index contributed by atoms with van der Waals surface area (Å²) in [5, 5.41) is 23.7. The van der Waals surface area contributed by atoms with Crippen LogP contribution in [0.25, 0.3) is 0 Å². The minimum absolute atomic E-state index is 0.0221. The normalized spacial score (nSPS) is 21.2. The largest absolute Gasteiger partial charge is 0.465 e.